The first-order valence-corrected chi connectivity index (χ1v) is 9.97. The summed E-state index contributed by atoms with van der Waals surface area (Å²) in [5.41, 5.74) is 1.22. The smallest absolute Gasteiger partial charge is 0.217 e. The van der Waals surface area contributed by atoms with Crippen LogP contribution in [0.2, 0.25) is 0 Å². The van der Waals surface area contributed by atoms with Gasteiger partial charge >= 0.3 is 0 Å². The van der Waals surface area contributed by atoms with Crippen LogP contribution in [0.15, 0.2) is 24.3 Å². The second-order valence-electron chi connectivity index (χ2n) is 6.50. The van der Waals surface area contributed by atoms with E-state index >= 15 is 0 Å². The van der Waals surface area contributed by atoms with Crippen LogP contribution in [0.1, 0.15) is 24.8 Å². The molecule has 3 rings (SSSR count). The molecule has 0 atom stereocenters. The molecule has 2 fully saturated rings. The van der Waals surface area contributed by atoms with Gasteiger partial charge in [0.25, 0.3) is 0 Å². The summed E-state index contributed by atoms with van der Waals surface area (Å²) in [5.74, 6) is 0.892. The summed E-state index contributed by atoms with van der Waals surface area (Å²) >= 11 is 0. The number of rotatable bonds is 6. The van der Waals surface area contributed by atoms with Crippen LogP contribution in [-0.2, 0) is 10.0 Å². The van der Waals surface area contributed by atoms with E-state index < -0.39 is 10.0 Å². The van der Waals surface area contributed by atoms with Gasteiger partial charge in [0.1, 0.15) is 12.4 Å². The van der Waals surface area contributed by atoms with Crippen LogP contribution < -0.4 is 4.74 Å². The molecule has 6 heteroatoms. The topological polar surface area (TPSA) is 49.9 Å². The molecular formula is C17H26N2O3S. The minimum atomic E-state index is -3.03. The first-order chi connectivity index (χ1) is 11.1. The maximum absolute atomic E-state index is 12.3. The van der Waals surface area contributed by atoms with Crippen LogP contribution >= 0.6 is 0 Å². The van der Waals surface area contributed by atoms with E-state index in [0.29, 0.717) is 19.7 Å². The average Bonchev–Trinajstić information content (AvgIpc) is 3.36. The Labute approximate surface area is 139 Å². The molecule has 1 aliphatic carbocycles. The molecule has 5 nitrogen and oxygen atoms in total. The zero-order valence-electron chi connectivity index (χ0n) is 13.8. The highest BCUT2D eigenvalue weighted by Crippen LogP contribution is 2.31. The van der Waals surface area contributed by atoms with Gasteiger partial charge in [-0.05, 0) is 44.9 Å². The van der Waals surface area contributed by atoms with Gasteiger partial charge in [0.15, 0.2) is 0 Å². The van der Waals surface area contributed by atoms with Gasteiger partial charge in [-0.3, -0.25) is 4.90 Å². The van der Waals surface area contributed by atoms with Gasteiger partial charge < -0.3 is 4.74 Å². The number of benzene rings is 1. The van der Waals surface area contributed by atoms with Crippen molar-refractivity contribution in [1.82, 2.24) is 9.21 Å². The number of hydrogen-bond acceptors (Lipinski definition) is 4. The fourth-order valence-electron chi connectivity index (χ4n) is 2.93. The van der Waals surface area contributed by atoms with Crippen molar-refractivity contribution in [3.63, 3.8) is 0 Å². The van der Waals surface area contributed by atoms with Gasteiger partial charge in [0, 0.05) is 26.2 Å². The van der Waals surface area contributed by atoms with E-state index in [2.05, 4.69) is 11.8 Å². The lowest BCUT2D eigenvalue weighted by atomic mass is 10.2. The maximum atomic E-state index is 12.3. The first-order valence-electron chi connectivity index (χ1n) is 8.46. The molecule has 1 aliphatic heterocycles. The summed E-state index contributed by atoms with van der Waals surface area (Å²) in [6.45, 7) is 6.54. The summed E-state index contributed by atoms with van der Waals surface area (Å²) in [7, 11) is -3.03. The highest BCUT2D eigenvalue weighted by atomic mass is 32.2. The zero-order chi connectivity index (χ0) is 16.3. The Hall–Kier alpha value is -1.11. The Morgan fingerprint density at radius 1 is 1.09 bits per heavy atom. The minimum absolute atomic E-state index is 0.0982. The Bertz CT molecular complexity index is 611. The van der Waals surface area contributed by atoms with E-state index in [0.717, 1.165) is 44.6 Å². The molecule has 1 aromatic carbocycles. The number of hydrogen-bond donors (Lipinski definition) is 0. The zero-order valence-corrected chi connectivity index (χ0v) is 14.6. The molecule has 23 heavy (non-hydrogen) atoms. The van der Waals surface area contributed by atoms with E-state index in [1.165, 1.54) is 5.56 Å². The second-order valence-corrected chi connectivity index (χ2v) is 8.71. The van der Waals surface area contributed by atoms with Crippen molar-refractivity contribution in [3.8, 4) is 5.75 Å². The molecule has 2 aliphatic rings. The van der Waals surface area contributed by atoms with Crippen LogP contribution in [0.5, 0.6) is 5.75 Å². The summed E-state index contributed by atoms with van der Waals surface area (Å²) in [4.78, 5) is 2.30. The lowest BCUT2D eigenvalue weighted by Gasteiger charge is -2.21. The number of nitrogens with zero attached hydrogens (tertiary/aromatic N) is 2. The van der Waals surface area contributed by atoms with Crippen molar-refractivity contribution in [2.24, 2.45) is 0 Å². The van der Waals surface area contributed by atoms with Gasteiger partial charge in [-0.15, -0.1) is 0 Å². The molecule has 1 saturated heterocycles. The predicted octanol–water partition coefficient (Wildman–Crippen LogP) is 1.87. The molecule has 0 spiro atoms. The average molecular weight is 338 g/mol. The van der Waals surface area contributed by atoms with Crippen LogP contribution in [-0.4, -0.2) is 62.2 Å². The van der Waals surface area contributed by atoms with E-state index in [9.17, 15) is 8.42 Å². The molecule has 1 heterocycles. The molecule has 0 unspecified atom stereocenters. The summed E-state index contributed by atoms with van der Waals surface area (Å²) < 4.78 is 32.1. The summed E-state index contributed by atoms with van der Waals surface area (Å²) in [5, 5.41) is -0.0982. The van der Waals surface area contributed by atoms with Crippen molar-refractivity contribution in [1.29, 1.82) is 0 Å². The van der Waals surface area contributed by atoms with Crippen LogP contribution in [0, 0.1) is 6.92 Å². The van der Waals surface area contributed by atoms with Crippen LogP contribution in [0.4, 0.5) is 0 Å². The monoisotopic (exact) mass is 338 g/mol. The molecular weight excluding hydrogens is 312 g/mol. The van der Waals surface area contributed by atoms with Crippen molar-refractivity contribution in [2.45, 2.75) is 31.4 Å². The fraction of sp³-hybridized carbons (Fsp3) is 0.647. The standard InChI is InChI=1S/C17H26N2O3S/c1-15-3-5-16(6-4-15)22-14-13-18-9-2-10-19(12-11-18)23(20,21)17-7-8-17/h3-6,17H,2,7-14H2,1H3. The molecule has 0 radical (unpaired) electrons. The SMILES string of the molecule is Cc1ccc(OCCN2CCCN(S(=O)(=O)C3CC3)CC2)cc1. The Kier molecular flexibility index (Phi) is 5.24. The van der Waals surface area contributed by atoms with Crippen LogP contribution in [0.3, 0.4) is 0 Å². The van der Waals surface area contributed by atoms with E-state index in [1.807, 2.05) is 24.3 Å². The lowest BCUT2D eigenvalue weighted by Crippen LogP contribution is -2.37. The van der Waals surface area contributed by atoms with Crippen molar-refractivity contribution >= 4 is 10.0 Å². The third-order valence-electron chi connectivity index (χ3n) is 4.55. The molecule has 0 amide bonds. The lowest BCUT2D eigenvalue weighted by molar-refractivity contribution is 0.215. The van der Waals surface area contributed by atoms with E-state index in [-0.39, 0.29) is 5.25 Å². The molecule has 0 aromatic heterocycles. The van der Waals surface area contributed by atoms with Gasteiger partial charge in [-0.25, -0.2) is 12.7 Å². The highest BCUT2D eigenvalue weighted by molar-refractivity contribution is 7.90. The third kappa shape index (κ3) is 4.46. The van der Waals surface area contributed by atoms with E-state index in [4.69, 9.17) is 4.74 Å². The largest absolute Gasteiger partial charge is 0.492 e. The maximum Gasteiger partial charge on any atom is 0.217 e. The van der Waals surface area contributed by atoms with Gasteiger partial charge in [-0.2, -0.15) is 0 Å². The highest BCUT2D eigenvalue weighted by Gasteiger charge is 2.40. The van der Waals surface area contributed by atoms with Gasteiger partial charge in [0.2, 0.25) is 10.0 Å². The molecule has 0 N–H and O–H groups in total. The summed E-state index contributed by atoms with van der Waals surface area (Å²) in [6.07, 6.45) is 2.58. The van der Waals surface area contributed by atoms with E-state index in [1.54, 1.807) is 4.31 Å². The third-order valence-corrected chi connectivity index (χ3v) is 6.95. The molecule has 1 aromatic rings. The number of ether oxygens (including phenoxy) is 1. The van der Waals surface area contributed by atoms with Crippen molar-refractivity contribution < 1.29 is 13.2 Å². The predicted molar refractivity (Wildman–Crippen MR) is 91.2 cm³/mol. The molecule has 0 bridgehead atoms. The van der Waals surface area contributed by atoms with Crippen molar-refractivity contribution in [3.05, 3.63) is 29.8 Å². The van der Waals surface area contributed by atoms with Crippen molar-refractivity contribution in [2.75, 3.05) is 39.3 Å². The Balaban J connectivity index is 1.44. The minimum Gasteiger partial charge on any atom is -0.492 e. The van der Waals surface area contributed by atoms with Crippen LogP contribution in [0.25, 0.3) is 0 Å². The van der Waals surface area contributed by atoms with Gasteiger partial charge in [-0.1, -0.05) is 17.7 Å². The number of sulfonamides is 1. The molecule has 1 saturated carbocycles. The Morgan fingerprint density at radius 3 is 2.52 bits per heavy atom. The summed E-state index contributed by atoms with van der Waals surface area (Å²) in [6, 6.07) is 8.06. The quantitative estimate of drug-likeness (QED) is 0.795. The first kappa shape index (κ1) is 16.7. The second kappa shape index (κ2) is 7.20. The molecule has 128 valence electrons. The fourth-order valence-corrected chi connectivity index (χ4v) is 4.80. The Morgan fingerprint density at radius 2 is 1.83 bits per heavy atom. The van der Waals surface area contributed by atoms with Gasteiger partial charge in [0.05, 0.1) is 5.25 Å². The normalized spacial score (nSPS) is 21.1. The number of aryl methyl sites for hydroxylation is 1.